The van der Waals surface area contributed by atoms with Crippen LogP contribution in [0.5, 0.6) is 5.75 Å². The number of aromatic amines is 1. The van der Waals surface area contributed by atoms with Crippen molar-refractivity contribution in [2.24, 2.45) is 5.73 Å². The van der Waals surface area contributed by atoms with Gasteiger partial charge in [-0.3, -0.25) is 0 Å². The lowest BCUT2D eigenvalue weighted by atomic mass is 10.3. The SMILES string of the molecule is CC.CN.COc1ccc(Nc2ncnc3cc[nH]c23)cc1. The molecule has 0 amide bonds. The normalized spacial score (nSPS) is 9.14. The van der Waals surface area contributed by atoms with Crippen LogP contribution in [0.1, 0.15) is 13.8 Å². The van der Waals surface area contributed by atoms with Gasteiger partial charge in [0.1, 0.15) is 17.6 Å². The second-order valence-corrected chi connectivity index (χ2v) is 3.81. The van der Waals surface area contributed by atoms with E-state index in [0.717, 1.165) is 28.3 Å². The minimum absolute atomic E-state index is 0.759. The molecule has 118 valence electrons. The molecule has 3 rings (SSSR count). The van der Waals surface area contributed by atoms with E-state index in [2.05, 4.69) is 26.0 Å². The van der Waals surface area contributed by atoms with E-state index in [4.69, 9.17) is 4.74 Å². The van der Waals surface area contributed by atoms with Crippen LogP contribution in [0.3, 0.4) is 0 Å². The van der Waals surface area contributed by atoms with Gasteiger partial charge in [0.15, 0.2) is 5.82 Å². The van der Waals surface area contributed by atoms with Crippen molar-refractivity contribution in [1.29, 1.82) is 0 Å². The third kappa shape index (κ3) is 4.20. The lowest BCUT2D eigenvalue weighted by Gasteiger charge is -2.07. The van der Waals surface area contributed by atoms with Crippen LogP contribution < -0.4 is 15.8 Å². The monoisotopic (exact) mass is 301 g/mol. The van der Waals surface area contributed by atoms with Crippen LogP contribution in [0.25, 0.3) is 11.0 Å². The minimum Gasteiger partial charge on any atom is -0.497 e. The zero-order chi connectivity index (χ0) is 16.4. The van der Waals surface area contributed by atoms with E-state index >= 15 is 0 Å². The minimum atomic E-state index is 0.759. The Kier molecular flexibility index (Phi) is 7.42. The molecule has 3 aromatic rings. The van der Waals surface area contributed by atoms with E-state index in [0.29, 0.717) is 0 Å². The van der Waals surface area contributed by atoms with Gasteiger partial charge >= 0.3 is 0 Å². The van der Waals surface area contributed by atoms with Crippen molar-refractivity contribution in [3.63, 3.8) is 0 Å². The van der Waals surface area contributed by atoms with E-state index < -0.39 is 0 Å². The molecule has 2 heterocycles. The number of anilines is 2. The topological polar surface area (TPSA) is 88.8 Å². The molecule has 1 aromatic carbocycles. The van der Waals surface area contributed by atoms with Crippen LogP contribution in [0.4, 0.5) is 11.5 Å². The maximum atomic E-state index is 5.12. The molecule has 0 aliphatic heterocycles. The quantitative estimate of drug-likeness (QED) is 0.690. The van der Waals surface area contributed by atoms with Crippen LogP contribution in [-0.4, -0.2) is 29.1 Å². The summed E-state index contributed by atoms with van der Waals surface area (Å²) in [5.41, 5.74) is 7.24. The molecule has 0 spiro atoms. The van der Waals surface area contributed by atoms with Crippen molar-refractivity contribution in [1.82, 2.24) is 15.0 Å². The van der Waals surface area contributed by atoms with E-state index in [1.54, 1.807) is 13.4 Å². The summed E-state index contributed by atoms with van der Waals surface area (Å²) < 4.78 is 5.12. The first kappa shape index (κ1) is 17.5. The number of fused-ring (bicyclic) bond motifs is 1. The van der Waals surface area contributed by atoms with Crippen molar-refractivity contribution in [3.8, 4) is 5.75 Å². The summed E-state index contributed by atoms with van der Waals surface area (Å²) in [6.07, 6.45) is 3.39. The van der Waals surface area contributed by atoms with Gasteiger partial charge in [0.2, 0.25) is 0 Å². The predicted molar refractivity (Wildman–Crippen MR) is 91.6 cm³/mol. The predicted octanol–water partition coefficient (Wildman–Crippen LogP) is 3.31. The summed E-state index contributed by atoms with van der Waals surface area (Å²) in [5, 5.41) is 3.25. The molecule has 0 aliphatic carbocycles. The maximum absolute atomic E-state index is 5.12. The van der Waals surface area contributed by atoms with Gasteiger partial charge in [-0.2, -0.15) is 0 Å². The fourth-order valence-electron chi connectivity index (χ4n) is 1.78. The van der Waals surface area contributed by atoms with Crippen molar-refractivity contribution < 1.29 is 4.74 Å². The molecule has 0 bridgehead atoms. The number of nitrogens with zero attached hydrogens (tertiary/aromatic N) is 2. The van der Waals surface area contributed by atoms with E-state index in [1.165, 1.54) is 7.05 Å². The Labute approximate surface area is 130 Å². The zero-order valence-electron chi connectivity index (χ0n) is 13.4. The summed E-state index contributed by atoms with van der Waals surface area (Å²) >= 11 is 0. The molecular weight excluding hydrogens is 278 g/mol. The van der Waals surface area contributed by atoms with Gasteiger partial charge in [0.25, 0.3) is 0 Å². The lowest BCUT2D eigenvalue weighted by Crippen LogP contribution is -1.95. The Morgan fingerprint density at radius 2 is 1.73 bits per heavy atom. The van der Waals surface area contributed by atoms with E-state index in [-0.39, 0.29) is 0 Å². The fourth-order valence-corrected chi connectivity index (χ4v) is 1.78. The molecule has 0 unspecified atom stereocenters. The van der Waals surface area contributed by atoms with Crippen molar-refractivity contribution in [2.75, 3.05) is 19.5 Å². The molecule has 0 aliphatic rings. The third-order valence-corrected chi connectivity index (χ3v) is 2.70. The van der Waals surface area contributed by atoms with Crippen LogP contribution in [-0.2, 0) is 0 Å². The number of ether oxygens (including phenoxy) is 1. The first-order valence-corrected chi connectivity index (χ1v) is 7.14. The van der Waals surface area contributed by atoms with Gasteiger partial charge in [-0.25, -0.2) is 9.97 Å². The Morgan fingerprint density at radius 3 is 2.36 bits per heavy atom. The lowest BCUT2D eigenvalue weighted by molar-refractivity contribution is 0.415. The molecule has 4 N–H and O–H groups in total. The Bertz CT molecular complexity index is 664. The van der Waals surface area contributed by atoms with Gasteiger partial charge in [0, 0.05) is 11.9 Å². The Morgan fingerprint density at radius 1 is 1.05 bits per heavy atom. The highest BCUT2D eigenvalue weighted by Crippen LogP contribution is 2.22. The second-order valence-electron chi connectivity index (χ2n) is 3.81. The van der Waals surface area contributed by atoms with Gasteiger partial charge in [-0.15, -0.1) is 0 Å². The van der Waals surface area contributed by atoms with Crippen molar-refractivity contribution in [3.05, 3.63) is 42.9 Å². The number of aromatic nitrogens is 3. The molecule has 0 saturated heterocycles. The van der Waals surface area contributed by atoms with Crippen LogP contribution in [0, 0.1) is 0 Å². The largest absolute Gasteiger partial charge is 0.497 e. The van der Waals surface area contributed by atoms with Crippen LogP contribution in [0.15, 0.2) is 42.9 Å². The van der Waals surface area contributed by atoms with Crippen LogP contribution in [0.2, 0.25) is 0 Å². The fraction of sp³-hybridized carbons (Fsp3) is 0.250. The smallest absolute Gasteiger partial charge is 0.158 e. The van der Waals surface area contributed by atoms with E-state index in [1.807, 2.05) is 50.4 Å². The standard InChI is InChI=1S/C13H12N4O.C2H6.CH5N/c1-18-10-4-2-9(3-5-10)17-13-12-11(6-7-14-12)15-8-16-13;2*1-2/h2-8,14H,1H3,(H,15,16,17);1-2H3;2H2,1H3. The summed E-state index contributed by atoms with van der Waals surface area (Å²) in [5.74, 6) is 1.59. The highest BCUT2D eigenvalue weighted by atomic mass is 16.5. The molecule has 0 radical (unpaired) electrons. The van der Waals surface area contributed by atoms with Crippen molar-refractivity contribution >= 4 is 22.5 Å². The third-order valence-electron chi connectivity index (χ3n) is 2.70. The first-order chi connectivity index (χ1) is 10.9. The highest BCUT2D eigenvalue weighted by Gasteiger charge is 2.04. The Balaban J connectivity index is 0.000000561. The number of benzene rings is 1. The van der Waals surface area contributed by atoms with Crippen molar-refractivity contribution in [2.45, 2.75) is 13.8 Å². The molecule has 0 saturated carbocycles. The van der Waals surface area contributed by atoms with Gasteiger partial charge < -0.3 is 20.8 Å². The molecule has 0 fully saturated rings. The van der Waals surface area contributed by atoms with E-state index in [9.17, 15) is 0 Å². The number of methoxy groups -OCH3 is 1. The highest BCUT2D eigenvalue weighted by molar-refractivity contribution is 5.87. The molecular formula is C16H23N5O. The molecule has 2 aromatic heterocycles. The van der Waals surface area contributed by atoms with Gasteiger partial charge in [-0.05, 0) is 37.4 Å². The number of hydrogen-bond donors (Lipinski definition) is 3. The summed E-state index contributed by atoms with van der Waals surface area (Å²) in [6, 6.07) is 9.59. The molecule has 22 heavy (non-hydrogen) atoms. The summed E-state index contributed by atoms with van der Waals surface area (Å²) in [4.78, 5) is 11.5. The molecule has 6 nitrogen and oxygen atoms in total. The number of hydrogen-bond acceptors (Lipinski definition) is 5. The van der Waals surface area contributed by atoms with Gasteiger partial charge in [0.05, 0.1) is 12.6 Å². The summed E-state index contributed by atoms with van der Waals surface area (Å²) in [6.45, 7) is 4.00. The number of nitrogens with two attached hydrogens (primary N) is 1. The number of nitrogens with one attached hydrogen (secondary N) is 2. The number of H-pyrrole nitrogens is 1. The molecule has 0 atom stereocenters. The average Bonchev–Trinajstić information content (AvgIpc) is 3.09. The zero-order valence-corrected chi connectivity index (χ0v) is 13.4. The Hall–Kier alpha value is -2.60. The summed E-state index contributed by atoms with van der Waals surface area (Å²) in [7, 11) is 3.15. The van der Waals surface area contributed by atoms with Crippen LogP contribution >= 0.6 is 0 Å². The van der Waals surface area contributed by atoms with Gasteiger partial charge in [-0.1, -0.05) is 13.8 Å². The molecule has 6 heteroatoms. The average molecular weight is 301 g/mol. The first-order valence-electron chi connectivity index (χ1n) is 7.14. The second kappa shape index (κ2) is 9.36. The maximum Gasteiger partial charge on any atom is 0.158 e. The number of rotatable bonds is 3.